The molecule has 0 bridgehead atoms. The smallest absolute Gasteiger partial charge is 0.309 e. The summed E-state index contributed by atoms with van der Waals surface area (Å²) in [7, 11) is 0. The van der Waals surface area contributed by atoms with Crippen LogP contribution in [0.15, 0.2) is 0 Å². The van der Waals surface area contributed by atoms with Crippen LogP contribution in [0.3, 0.4) is 0 Å². The van der Waals surface area contributed by atoms with Crippen LogP contribution in [0, 0.1) is 17.8 Å². The standard InChI is InChI=1S/C18H32O4/c1-13(2)7-6-12-21-16(19)14-8-10-15(11-9-14)17(20)22-18(3,4)5/h13-15H,6-12H2,1-5H3. The molecule has 4 heteroatoms. The molecule has 22 heavy (non-hydrogen) atoms. The highest BCUT2D eigenvalue weighted by atomic mass is 16.6. The number of carbonyl (C=O) groups is 2. The Morgan fingerprint density at radius 2 is 1.50 bits per heavy atom. The molecule has 0 N–H and O–H groups in total. The third-order valence-corrected chi connectivity index (χ3v) is 3.97. The molecule has 0 aromatic rings. The SMILES string of the molecule is CC(C)CCCOC(=O)C1CCC(C(=O)OC(C)(C)C)CC1. The van der Waals surface area contributed by atoms with E-state index in [4.69, 9.17) is 9.47 Å². The Morgan fingerprint density at radius 3 is 1.95 bits per heavy atom. The predicted molar refractivity (Wildman–Crippen MR) is 86.3 cm³/mol. The fourth-order valence-electron chi connectivity index (χ4n) is 2.73. The van der Waals surface area contributed by atoms with Crippen LogP contribution in [-0.4, -0.2) is 24.1 Å². The van der Waals surface area contributed by atoms with Crippen LogP contribution in [0.5, 0.6) is 0 Å². The summed E-state index contributed by atoms with van der Waals surface area (Å²) < 4.78 is 10.8. The normalized spacial score (nSPS) is 22.5. The average Bonchev–Trinajstić information content (AvgIpc) is 2.41. The summed E-state index contributed by atoms with van der Waals surface area (Å²) in [6, 6.07) is 0. The fourth-order valence-corrected chi connectivity index (χ4v) is 2.73. The van der Waals surface area contributed by atoms with Crippen LogP contribution in [-0.2, 0) is 19.1 Å². The quantitative estimate of drug-likeness (QED) is 0.547. The Morgan fingerprint density at radius 1 is 1.00 bits per heavy atom. The number of rotatable bonds is 6. The van der Waals surface area contributed by atoms with Crippen molar-refractivity contribution in [1.82, 2.24) is 0 Å². The van der Waals surface area contributed by atoms with E-state index in [0.717, 1.165) is 38.5 Å². The molecule has 1 fully saturated rings. The number of ether oxygens (including phenoxy) is 2. The molecule has 1 aliphatic carbocycles. The molecule has 0 spiro atoms. The zero-order valence-corrected chi connectivity index (χ0v) is 14.8. The van der Waals surface area contributed by atoms with E-state index in [2.05, 4.69) is 13.8 Å². The zero-order valence-electron chi connectivity index (χ0n) is 14.8. The highest BCUT2D eigenvalue weighted by Gasteiger charge is 2.33. The maximum Gasteiger partial charge on any atom is 0.309 e. The molecule has 0 saturated heterocycles. The van der Waals surface area contributed by atoms with E-state index in [0.29, 0.717) is 12.5 Å². The Balaban J connectivity index is 2.27. The molecular weight excluding hydrogens is 280 g/mol. The summed E-state index contributed by atoms with van der Waals surface area (Å²) in [5.41, 5.74) is -0.441. The Hall–Kier alpha value is -1.06. The highest BCUT2D eigenvalue weighted by molar-refractivity contribution is 5.75. The molecule has 0 aromatic heterocycles. The maximum absolute atomic E-state index is 12.0. The van der Waals surface area contributed by atoms with E-state index in [1.54, 1.807) is 0 Å². The molecular formula is C18H32O4. The number of carbonyl (C=O) groups excluding carboxylic acids is 2. The first-order valence-electron chi connectivity index (χ1n) is 8.58. The van der Waals surface area contributed by atoms with Gasteiger partial charge in [-0.2, -0.15) is 0 Å². The van der Waals surface area contributed by atoms with Gasteiger partial charge in [0.1, 0.15) is 5.60 Å². The van der Waals surface area contributed by atoms with Crippen molar-refractivity contribution < 1.29 is 19.1 Å². The Kier molecular flexibility index (Phi) is 7.37. The van der Waals surface area contributed by atoms with Gasteiger partial charge in [-0.1, -0.05) is 13.8 Å². The average molecular weight is 312 g/mol. The molecule has 1 saturated carbocycles. The Labute approximate surface area is 134 Å². The summed E-state index contributed by atoms with van der Waals surface area (Å²) >= 11 is 0. The van der Waals surface area contributed by atoms with Gasteiger partial charge in [0.2, 0.25) is 0 Å². The van der Waals surface area contributed by atoms with E-state index in [9.17, 15) is 9.59 Å². The van der Waals surface area contributed by atoms with Crippen molar-refractivity contribution in [1.29, 1.82) is 0 Å². The van der Waals surface area contributed by atoms with Crippen molar-refractivity contribution in [2.75, 3.05) is 6.61 Å². The lowest BCUT2D eigenvalue weighted by Gasteiger charge is -2.28. The van der Waals surface area contributed by atoms with Gasteiger partial charge in [-0.05, 0) is 65.2 Å². The van der Waals surface area contributed by atoms with Crippen LogP contribution < -0.4 is 0 Å². The minimum Gasteiger partial charge on any atom is -0.465 e. The van der Waals surface area contributed by atoms with Crippen LogP contribution >= 0.6 is 0 Å². The second kappa shape index (κ2) is 8.54. The monoisotopic (exact) mass is 312 g/mol. The van der Waals surface area contributed by atoms with Gasteiger partial charge < -0.3 is 9.47 Å². The lowest BCUT2D eigenvalue weighted by atomic mass is 9.82. The first-order chi connectivity index (χ1) is 10.2. The lowest BCUT2D eigenvalue weighted by Crippen LogP contribution is -2.32. The summed E-state index contributed by atoms with van der Waals surface area (Å²) in [5.74, 6) is 0.313. The first-order valence-corrected chi connectivity index (χ1v) is 8.58. The van der Waals surface area contributed by atoms with Crippen molar-refractivity contribution in [3.63, 3.8) is 0 Å². The van der Waals surface area contributed by atoms with Gasteiger partial charge in [-0.15, -0.1) is 0 Å². The molecule has 4 nitrogen and oxygen atoms in total. The van der Waals surface area contributed by atoms with Crippen molar-refractivity contribution >= 4 is 11.9 Å². The third-order valence-electron chi connectivity index (χ3n) is 3.97. The summed E-state index contributed by atoms with van der Waals surface area (Å²) in [4.78, 5) is 24.0. The lowest BCUT2D eigenvalue weighted by molar-refractivity contribution is -0.163. The molecule has 0 unspecified atom stereocenters. The molecule has 128 valence electrons. The summed E-state index contributed by atoms with van der Waals surface area (Å²) in [6.45, 7) is 10.5. The maximum atomic E-state index is 12.0. The van der Waals surface area contributed by atoms with Gasteiger partial charge >= 0.3 is 11.9 Å². The second-order valence-electron chi connectivity index (χ2n) is 7.79. The highest BCUT2D eigenvalue weighted by Crippen LogP contribution is 2.31. The molecule has 0 aromatic carbocycles. The minimum atomic E-state index is -0.441. The molecule has 1 rings (SSSR count). The number of esters is 2. The molecule has 0 atom stereocenters. The van der Waals surface area contributed by atoms with Crippen molar-refractivity contribution in [3.05, 3.63) is 0 Å². The van der Waals surface area contributed by atoms with Crippen molar-refractivity contribution in [2.24, 2.45) is 17.8 Å². The zero-order chi connectivity index (χ0) is 16.8. The van der Waals surface area contributed by atoms with Gasteiger partial charge in [0.05, 0.1) is 18.4 Å². The topological polar surface area (TPSA) is 52.6 Å². The largest absolute Gasteiger partial charge is 0.465 e. The molecule has 0 radical (unpaired) electrons. The first kappa shape index (κ1) is 19.0. The van der Waals surface area contributed by atoms with E-state index in [1.165, 1.54) is 0 Å². The van der Waals surface area contributed by atoms with Gasteiger partial charge in [0.25, 0.3) is 0 Å². The van der Waals surface area contributed by atoms with E-state index >= 15 is 0 Å². The van der Waals surface area contributed by atoms with Gasteiger partial charge in [-0.25, -0.2) is 0 Å². The molecule has 1 aliphatic rings. The predicted octanol–water partition coefficient (Wildman–Crippen LogP) is 4.11. The van der Waals surface area contributed by atoms with Crippen molar-refractivity contribution in [2.45, 2.75) is 78.7 Å². The fraction of sp³-hybridized carbons (Fsp3) is 0.889. The van der Waals surface area contributed by atoms with Crippen LogP contribution in [0.1, 0.15) is 73.1 Å². The van der Waals surface area contributed by atoms with E-state index < -0.39 is 5.60 Å². The van der Waals surface area contributed by atoms with Crippen LogP contribution in [0.4, 0.5) is 0 Å². The van der Waals surface area contributed by atoms with Gasteiger partial charge in [0.15, 0.2) is 0 Å². The van der Waals surface area contributed by atoms with E-state index in [1.807, 2.05) is 20.8 Å². The molecule has 0 aliphatic heterocycles. The summed E-state index contributed by atoms with van der Waals surface area (Å²) in [5, 5.41) is 0. The second-order valence-corrected chi connectivity index (χ2v) is 7.79. The number of hydrogen-bond donors (Lipinski definition) is 0. The van der Waals surface area contributed by atoms with Crippen molar-refractivity contribution in [3.8, 4) is 0 Å². The minimum absolute atomic E-state index is 0.0438. The van der Waals surface area contributed by atoms with Crippen LogP contribution in [0.2, 0.25) is 0 Å². The van der Waals surface area contributed by atoms with Gasteiger partial charge in [0, 0.05) is 0 Å². The van der Waals surface area contributed by atoms with E-state index in [-0.39, 0.29) is 23.8 Å². The summed E-state index contributed by atoms with van der Waals surface area (Å²) in [6.07, 6.45) is 4.91. The molecule has 0 amide bonds. The molecule has 0 heterocycles. The Bertz CT molecular complexity index is 360. The number of hydrogen-bond acceptors (Lipinski definition) is 4. The van der Waals surface area contributed by atoms with Gasteiger partial charge in [-0.3, -0.25) is 9.59 Å². The van der Waals surface area contributed by atoms with Crippen LogP contribution in [0.25, 0.3) is 0 Å². The third kappa shape index (κ3) is 7.28.